The number of esters is 1. The van der Waals surface area contributed by atoms with Crippen molar-refractivity contribution in [1.29, 1.82) is 0 Å². The van der Waals surface area contributed by atoms with Crippen molar-refractivity contribution < 1.29 is 43.6 Å². The van der Waals surface area contributed by atoms with E-state index in [0.717, 1.165) is 0 Å². The van der Waals surface area contributed by atoms with Gasteiger partial charge in [-0.3, -0.25) is 34.7 Å². The SMILES string of the molecule is C[C@@H](O)[C@H]1C(=O)N2C(C(=O)OCc3ccc([N+](=O)[O-])cc3)=C(S[C@H]3C[C@@H](C(=O)N4CC(NC(=O)OCc5ccc([N+](=O)[O-])cc5)C4)N(C)C3)[C@H](C)[C@H]12. The molecule has 2 aromatic carbocycles. The second kappa shape index (κ2) is 14.9. The van der Waals surface area contributed by atoms with Gasteiger partial charge >= 0.3 is 12.1 Å². The van der Waals surface area contributed by atoms with E-state index in [4.69, 9.17) is 9.47 Å². The quantitative estimate of drug-likeness (QED) is 0.139. The van der Waals surface area contributed by atoms with Crippen molar-refractivity contribution in [3.05, 3.63) is 90.5 Å². The number of likely N-dealkylation sites (tertiary alicyclic amines) is 2. The minimum absolute atomic E-state index is 0.0637. The number of ether oxygens (including phenoxy) is 2. The third-order valence-electron chi connectivity index (χ3n) is 9.94. The van der Waals surface area contributed by atoms with Gasteiger partial charge in [0.25, 0.3) is 11.4 Å². The number of carbonyl (C=O) groups excluding carboxylic acids is 4. The normalized spacial score (nSPS) is 24.8. The molecule has 3 fully saturated rings. The van der Waals surface area contributed by atoms with Gasteiger partial charge in [0.15, 0.2) is 0 Å². The molecule has 3 amide bonds. The molecule has 6 rings (SSSR count). The Bertz CT molecular complexity index is 1800. The van der Waals surface area contributed by atoms with E-state index in [0.29, 0.717) is 42.1 Å². The van der Waals surface area contributed by atoms with Crippen LogP contribution in [0.1, 0.15) is 31.4 Å². The van der Waals surface area contributed by atoms with Crippen LogP contribution < -0.4 is 5.32 Å². The summed E-state index contributed by atoms with van der Waals surface area (Å²) >= 11 is 1.44. The fourth-order valence-corrected chi connectivity index (χ4v) is 8.73. The second-order valence-corrected chi connectivity index (χ2v) is 14.8. The van der Waals surface area contributed by atoms with Gasteiger partial charge in [-0.05, 0) is 55.8 Å². The fraction of sp³-hybridized carbons (Fsp3) is 0.471. The first-order chi connectivity index (χ1) is 24.7. The molecule has 0 saturated carbocycles. The number of fused-ring (bicyclic) bond motifs is 1. The van der Waals surface area contributed by atoms with Gasteiger partial charge in [0.1, 0.15) is 18.9 Å². The van der Waals surface area contributed by atoms with Crippen LogP contribution in [0.3, 0.4) is 0 Å². The third kappa shape index (κ3) is 7.31. The first-order valence-electron chi connectivity index (χ1n) is 16.7. The van der Waals surface area contributed by atoms with E-state index < -0.39 is 46.0 Å². The lowest BCUT2D eigenvalue weighted by Crippen LogP contribution is -2.63. The molecule has 0 aromatic heterocycles. The summed E-state index contributed by atoms with van der Waals surface area (Å²) in [4.78, 5) is 79.0. The zero-order valence-corrected chi connectivity index (χ0v) is 29.4. The number of amides is 3. The van der Waals surface area contributed by atoms with Crippen molar-refractivity contribution in [2.45, 2.75) is 63.0 Å². The van der Waals surface area contributed by atoms with Gasteiger partial charge in [0.2, 0.25) is 11.8 Å². The Balaban J connectivity index is 1.04. The van der Waals surface area contributed by atoms with Gasteiger partial charge in [-0.15, -0.1) is 11.8 Å². The maximum atomic E-state index is 13.6. The first-order valence-corrected chi connectivity index (χ1v) is 17.6. The molecular formula is C34H38N6O11S. The largest absolute Gasteiger partial charge is 0.456 e. The lowest BCUT2D eigenvalue weighted by Gasteiger charge is -2.46. The summed E-state index contributed by atoms with van der Waals surface area (Å²) in [6.07, 6.45) is -1.10. The minimum atomic E-state index is -0.913. The van der Waals surface area contributed by atoms with Crippen molar-refractivity contribution in [3.8, 4) is 0 Å². The van der Waals surface area contributed by atoms with Gasteiger partial charge < -0.3 is 29.7 Å². The van der Waals surface area contributed by atoms with Crippen LogP contribution in [-0.2, 0) is 37.1 Å². The molecule has 276 valence electrons. The number of carbonyl (C=O) groups is 4. The number of nitrogens with zero attached hydrogens (tertiary/aromatic N) is 5. The van der Waals surface area contributed by atoms with Crippen LogP contribution in [0.4, 0.5) is 16.2 Å². The Kier molecular flexibility index (Phi) is 10.5. The molecule has 3 saturated heterocycles. The Hall–Kier alpha value is -5.07. The van der Waals surface area contributed by atoms with Crippen molar-refractivity contribution in [2.75, 3.05) is 26.7 Å². The number of thioether (sulfide) groups is 1. The van der Waals surface area contributed by atoms with Gasteiger partial charge in [-0.1, -0.05) is 6.92 Å². The van der Waals surface area contributed by atoms with E-state index in [-0.39, 0.29) is 59.3 Å². The Morgan fingerprint density at radius 3 is 2.06 bits per heavy atom. The van der Waals surface area contributed by atoms with Crippen molar-refractivity contribution >= 4 is 47.0 Å². The summed E-state index contributed by atoms with van der Waals surface area (Å²) in [6.45, 7) is 4.37. The van der Waals surface area contributed by atoms with Crippen molar-refractivity contribution in [3.63, 3.8) is 0 Å². The minimum Gasteiger partial charge on any atom is -0.456 e. The van der Waals surface area contributed by atoms with Gasteiger partial charge in [0.05, 0.1) is 40.0 Å². The molecule has 0 spiro atoms. The number of nitrogens with one attached hydrogen (secondary N) is 1. The standard InChI is InChI=1S/C34H38N6O11S/c1-18-28-27(19(2)41)32(43)38(28)29(33(44)50-16-20-4-8-23(9-5-20)39(46)47)30(18)52-25-12-26(36(3)15-25)31(42)37-13-22(14-37)35-34(45)51-17-21-6-10-24(11-7-21)40(48)49/h4-11,18-19,22,25-28,41H,12-17H2,1-3H3,(H,35,45)/t18-,19-,25+,26+,27-,28-/m1/s1. The van der Waals surface area contributed by atoms with Crippen LogP contribution in [0.15, 0.2) is 59.1 Å². The monoisotopic (exact) mass is 738 g/mol. The van der Waals surface area contributed by atoms with Crippen LogP contribution in [0.2, 0.25) is 0 Å². The van der Waals surface area contributed by atoms with E-state index >= 15 is 0 Å². The summed E-state index contributed by atoms with van der Waals surface area (Å²) in [5.74, 6) is -2.10. The molecule has 0 bridgehead atoms. The number of nitro benzene ring substituents is 2. The first kappa shape index (κ1) is 36.7. The topological polar surface area (TPSA) is 215 Å². The lowest BCUT2D eigenvalue weighted by molar-refractivity contribution is -0.385. The molecule has 2 N–H and O–H groups in total. The number of likely N-dealkylation sites (N-methyl/N-ethyl adjacent to an activating group) is 1. The number of hydrogen-bond donors (Lipinski definition) is 2. The summed E-state index contributed by atoms with van der Waals surface area (Å²) in [5.41, 5.74) is 1.10. The smallest absolute Gasteiger partial charge is 0.407 e. The Labute approximate surface area is 302 Å². The van der Waals surface area contributed by atoms with Gasteiger partial charge in [-0.25, -0.2) is 9.59 Å². The summed E-state index contributed by atoms with van der Waals surface area (Å²) in [5, 5.41) is 34.8. The molecule has 0 radical (unpaired) electrons. The highest BCUT2D eigenvalue weighted by molar-refractivity contribution is 8.03. The Morgan fingerprint density at radius 1 is 0.962 bits per heavy atom. The van der Waals surface area contributed by atoms with E-state index in [1.54, 1.807) is 11.8 Å². The number of aliphatic hydroxyl groups excluding tert-OH is 1. The molecule has 4 heterocycles. The highest BCUT2D eigenvalue weighted by Gasteiger charge is 2.60. The summed E-state index contributed by atoms with van der Waals surface area (Å²) < 4.78 is 10.8. The number of hydrogen-bond acceptors (Lipinski definition) is 13. The average Bonchev–Trinajstić information content (AvgIpc) is 3.57. The molecule has 2 aromatic rings. The van der Waals surface area contributed by atoms with Crippen LogP contribution in [0.25, 0.3) is 0 Å². The molecular weight excluding hydrogens is 700 g/mol. The van der Waals surface area contributed by atoms with E-state index in [1.165, 1.54) is 65.2 Å². The molecule has 18 heteroatoms. The van der Waals surface area contributed by atoms with E-state index in [1.807, 2.05) is 18.9 Å². The van der Waals surface area contributed by atoms with Crippen LogP contribution >= 0.6 is 11.8 Å². The maximum absolute atomic E-state index is 13.6. The number of aliphatic hydroxyl groups is 1. The van der Waals surface area contributed by atoms with Crippen LogP contribution in [0, 0.1) is 32.1 Å². The number of benzene rings is 2. The van der Waals surface area contributed by atoms with Crippen molar-refractivity contribution in [2.24, 2.45) is 11.8 Å². The second-order valence-electron chi connectivity index (χ2n) is 13.5. The van der Waals surface area contributed by atoms with E-state index in [9.17, 15) is 44.5 Å². The highest BCUT2D eigenvalue weighted by atomic mass is 32.2. The van der Waals surface area contributed by atoms with Crippen molar-refractivity contribution in [1.82, 2.24) is 20.0 Å². The maximum Gasteiger partial charge on any atom is 0.407 e. The molecule has 17 nitrogen and oxygen atoms in total. The average molecular weight is 739 g/mol. The zero-order chi connectivity index (χ0) is 37.4. The van der Waals surface area contributed by atoms with Gasteiger partial charge in [-0.2, -0.15) is 0 Å². The molecule has 4 aliphatic heterocycles. The number of nitro groups is 2. The zero-order valence-electron chi connectivity index (χ0n) is 28.6. The predicted octanol–water partition coefficient (Wildman–Crippen LogP) is 2.56. The lowest BCUT2D eigenvalue weighted by atomic mass is 9.79. The molecule has 0 unspecified atom stereocenters. The molecule has 0 aliphatic carbocycles. The number of non-ortho nitro benzene ring substituents is 2. The molecule has 6 atom stereocenters. The number of alkyl carbamates (subject to hydrolysis) is 1. The Morgan fingerprint density at radius 2 is 1.52 bits per heavy atom. The van der Waals surface area contributed by atoms with E-state index in [2.05, 4.69) is 5.32 Å². The summed E-state index contributed by atoms with van der Waals surface area (Å²) in [6, 6.07) is 10.1. The van der Waals surface area contributed by atoms with Gasteiger partial charge in [0, 0.05) is 60.0 Å². The summed E-state index contributed by atoms with van der Waals surface area (Å²) in [7, 11) is 1.85. The number of rotatable bonds is 12. The molecule has 4 aliphatic rings. The number of β-lactam (4-membered cyclic amide) rings is 1. The highest BCUT2D eigenvalue weighted by Crippen LogP contribution is 2.52. The fourth-order valence-electron chi connectivity index (χ4n) is 7.14. The third-order valence-corrected chi connectivity index (χ3v) is 11.4. The van der Waals surface area contributed by atoms with Crippen LogP contribution in [-0.4, -0.2) is 110 Å². The predicted molar refractivity (Wildman–Crippen MR) is 184 cm³/mol. The molecule has 52 heavy (non-hydrogen) atoms. The van der Waals surface area contributed by atoms with Crippen LogP contribution in [0.5, 0.6) is 0 Å².